The lowest BCUT2D eigenvalue weighted by Crippen LogP contribution is -2.26. The molecule has 2 aromatic heterocycles. The van der Waals surface area contributed by atoms with Crippen molar-refractivity contribution >= 4 is 34.3 Å². The maximum Gasteiger partial charge on any atom is 0.267 e. The van der Waals surface area contributed by atoms with Crippen LogP contribution in [0.15, 0.2) is 76.8 Å². The highest BCUT2D eigenvalue weighted by atomic mass is 32.2. The van der Waals surface area contributed by atoms with Crippen LogP contribution in [-0.2, 0) is 4.79 Å². The Hall–Kier alpha value is -3.65. The molecule has 0 saturated heterocycles. The van der Waals surface area contributed by atoms with Crippen molar-refractivity contribution in [1.29, 1.82) is 0 Å². The van der Waals surface area contributed by atoms with Gasteiger partial charge in [-0.25, -0.2) is 14.5 Å². The van der Waals surface area contributed by atoms with Crippen molar-refractivity contribution in [3.05, 3.63) is 82.8 Å². The average molecular weight is 461 g/mol. The first-order valence-electron chi connectivity index (χ1n) is 10.6. The molecule has 2 aromatic carbocycles. The van der Waals surface area contributed by atoms with Crippen LogP contribution in [-0.4, -0.2) is 32.3 Å². The van der Waals surface area contributed by atoms with E-state index in [-0.39, 0.29) is 11.5 Å². The van der Waals surface area contributed by atoms with Gasteiger partial charge in [-0.1, -0.05) is 23.9 Å². The van der Waals surface area contributed by atoms with Gasteiger partial charge in [-0.15, -0.1) is 0 Å². The zero-order valence-electron chi connectivity index (χ0n) is 18.6. The molecule has 0 bridgehead atoms. The SMILES string of the molecule is CCOc1ccc(NC(=O)C(C)Sc2nc3ccccc3c(=O)n2-c2cc(C)ccn2)cc1. The molecule has 0 aliphatic heterocycles. The number of aromatic nitrogens is 3. The first-order chi connectivity index (χ1) is 16.0. The van der Waals surface area contributed by atoms with E-state index in [0.717, 1.165) is 11.3 Å². The molecule has 2 heterocycles. The summed E-state index contributed by atoms with van der Waals surface area (Å²) >= 11 is 1.21. The van der Waals surface area contributed by atoms with Gasteiger partial charge in [0.05, 0.1) is 22.8 Å². The summed E-state index contributed by atoms with van der Waals surface area (Å²) in [6.07, 6.45) is 1.66. The lowest BCUT2D eigenvalue weighted by molar-refractivity contribution is -0.115. The Bertz CT molecular complexity index is 1350. The van der Waals surface area contributed by atoms with Crippen LogP contribution in [0.4, 0.5) is 5.69 Å². The van der Waals surface area contributed by atoms with Gasteiger partial charge >= 0.3 is 0 Å². The van der Waals surface area contributed by atoms with Crippen LogP contribution in [0.2, 0.25) is 0 Å². The number of pyridine rings is 1. The van der Waals surface area contributed by atoms with Gasteiger partial charge in [0, 0.05) is 11.9 Å². The summed E-state index contributed by atoms with van der Waals surface area (Å²) in [7, 11) is 0. The summed E-state index contributed by atoms with van der Waals surface area (Å²) in [6, 6.07) is 18.1. The molecule has 1 N–H and O–H groups in total. The third kappa shape index (κ3) is 5.06. The molecular weight excluding hydrogens is 436 g/mol. The maximum absolute atomic E-state index is 13.3. The zero-order chi connectivity index (χ0) is 23.4. The lowest BCUT2D eigenvalue weighted by Gasteiger charge is -2.16. The predicted molar refractivity (Wildman–Crippen MR) is 131 cm³/mol. The summed E-state index contributed by atoms with van der Waals surface area (Å²) in [4.78, 5) is 35.3. The van der Waals surface area contributed by atoms with E-state index in [2.05, 4.69) is 10.3 Å². The van der Waals surface area contributed by atoms with Crippen molar-refractivity contribution in [2.75, 3.05) is 11.9 Å². The second-order valence-corrected chi connectivity index (χ2v) is 8.76. The molecule has 0 aliphatic rings. The second-order valence-electron chi connectivity index (χ2n) is 7.45. The minimum absolute atomic E-state index is 0.199. The van der Waals surface area contributed by atoms with E-state index in [1.807, 2.05) is 44.2 Å². The summed E-state index contributed by atoms with van der Waals surface area (Å²) < 4.78 is 6.91. The molecule has 168 valence electrons. The number of carbonyl (C=O) groups excluding carboxylic acids is 1. The standard InChI is InChI=1S/C25H24N4O3S/c1-4-32-19-11-9-18(10-12-19)27-23(30)17(3)33-25-28-21-8-6-5-7-20(21)24(31)29(25)22-15-16(2)13-14-26-22/h5-15,17H,4H2,1-3H3,(H,27,30). The average Bonchev–Trinajstić information content (AvgIpc) is 2.80. The number of ether oxygens (including phenoxy) is 1. The summed E-state index contributed by atoms with van der Waals surface area (Å²) in [5, 5.41) is 3.30. The van der Waals surface area contributed by atoms with Gasteiger partial charge < -0.3 is 10.1 Å². The number of nitrogens with zero attached hydrogens (tertiary/aromatic N) is 3. The number of amides is 1. The Labute approximate surface area is 195 Å². The number of para-hydroxylation sites is 1. The third-order valence-electron chi connectivity index (χ3n) is 4.96. The quantitative estimate of drug-likeness (QED) is 0.320. The van der Waals surface area contributed by atoms with Gasteiger partial charge in [-0.2, -0.15) is 0 Å². The van der Waals surface area contributed by atoms with E-state index in [1.54, 1.807) is 43.5 Å². The number of rotatable bonds is 7. The van der Waals surface area contributed by atoms with Crippen molar-refractivity contribution in [3.63, 3.8) is 0 Å². The molecule has 4 aromatic rings. The van der Waals surface area contributed by atoms with Crippen molar-refractivity contribution in [2.45, 2.75) is 31.2 Å². The smallest absolute Gasteiger partial charge is 0.267 e. The van der Waals surface area contributed by atoms with E-state index in [4.69, 9.17) is 9.72 Å². The van der Waals surface area contributed by atoms with Crippen LogP contribution in [0.1, 0.15) is 19.4 Å². The van der Waals surface area contributed by atoms with Crippen LogP contribution < -0.4 is 15.6 Å². The van der Waals surface area contributed by atoms with Crippen LogP contribution >= 0.6 is 11.8 Å². The number of hydrogen-bond donors (Lipinski definition) is 1. The Kier molecular flexibility index (Phi) is 6.74. The van der Waals surface area contributed by atoms with Gasteiger partial charge in [0.2, 0.25) is 5.91 Å². The number of anilines is 1. The Morgan fingerprint density at radius 1 is 1.15 bits per heavy atom. The fourth-order valence-electron chi connectivity index (χ4n) is 3.29. The lowest BCUT2D eigenvalue weighted by atomic mass is 10.2. The summed E-state index contributed by atoms with van der Waals surface area (Å²) in [5.41, 5.74) is 1.99. The van der Waals surface area contributed by atoms with Crippen LogP contribution in [0.25, 0.3) is 16.7 Å². The third-order valence-corrected chi connectivity index (χ3v) is 6.01. The van der Waals surface area contributed by atoms with Gasteiger partial charge in [-0.3, -0.25) is 9.59 Å². The van der Waals surface area contributed by atoms with Crippen LogP contribution in [0, 0.1) is 6.92 Å². The van der Waals surface area contributed by atoms with Crippen LogP contribution in [0.3, 0.4) is 0 Å². The number of benzene rings is 2. The van der Waals surface area contributed by atoms with Gasteiger partial charge in [-0.05, 0) is 74.9 Å². The van der Waals surface area contributed by atoms with E-state index >= 15 is 0 Å². The van der Waals surface area contributed by atoms with Crippen molar-refractivity contribution in [1.82, 2.24) is 14.5 Å². The van der Waals surface area contributed by atoms with Gasteiger partial charge in [0.1, 0.15) is 11.6 Å². The molecule has 0 aliphatic carbocycles. The minimum Gasteiger partial charge on any atom is -0.494 e. The first-order valence-corrected chi connectivity index (χ1v) is 11.5. The maximum atomic E-state index is 13.3. The molecule has 1 unspecified atom stereocenters. The summed E-state index contributed by atoms with van der Waals surface area (Å²) in [5.74, 6) is 1.02. The molecular formula is C25H24N4O3S. The second kappa shape index (κ2) is 9.87. The van der Waals surface area contributed by atoms with Gasteiger partial charge in [0.25, 0.3) is 5.56 Å². The van der Waals surface area contributed by atoms with E-state index < -0.39 is 5.25 Å². The fraction of sp³-hybridized carbons (Fsp3) is 0.200. The highest BCUT2D eigenvalue weighted by molar-refractivity contribution is 8.00. The predicted octanol–water partition coefficient (Wildman–Crippen LogP) is 4.61. The highest BCUT2D eigenvalue weighted by Gasteiger charge is 2.21. The Morgan fingerprint density at radius 3 is 2.64 bits per heavy atom. The molecule has 33 heavy (non-hydrogen) atoms. The molecule has 0 radical (unpaired) electrons. The molecule has 0 saturated carbocycles. The topological polar surface area (TPSA) is 86.1 Å². The van der Waals surface area contributed by atoms with Crippen molar-refractivity contribution < 1.29 is 9.53 Å². The molecule has 0 fully saturated rings. The molecule has 7 nitrogen and oxygen atoms in total. The molecule has 8 heteroatoms. The minimum atomic E-state index is -0.513. The summed E-state index contributed by atoms with van der Waals surface area (Å²) in [6.45, 7) is 6.21. The molecule has 4 rings (SSSR count). The van der Waals surface area contributed by atoms with E-state index in [9.17, 15) is 9.59 Å². The number of carbonyl (C=O) groups is 1. The normalized spacial score (nSPS) is 11.8. The number of hydrogen-bond acceptors (Lipinski definition) is 6. The molecule has 1 amide bonds. The zero-order valence-corrected chi connectivity index (χ0v) is 19.4. The van der Waals surface area contributed by atoms with Gasteiger partial charge in [0.15, 0.2) is 5.16 Å². The van der Waals surface area contributed by atoms with Crippen molar-refractivity contribution in [3.8, 4) is 11.6 Å². The Balaban J connectivity index is 1.65. The largest absolute Gasteiger partial charge is 0.494 e. The van der Waals surface area contributed by atoms with Crippen LogP contribution in [0.5, 0.6) is 5.75 Å². The molecule has 1 atom stereocenters. The fourth-order valence-corrected chi connectivity index (χ4v) is 4.21. The monoisotopic (exact) mass is 460 g/mol. The van der Waals surface area contributed by atoms with E-state index in [1.165, 1.54) is 16.3 Å². The first kappa shape index (κ1) is 22.5. The number of nitrogens with one attached hydrogen (secondary N) is 1. The highest BCUT2D eigenvalue weighted by Crippen LogP contribution is 2.26. The van der Waals surface area contributed by atoms with E-state index in [0.29, 0.717) is 34.2 Å². The Morgan fingerprint density at radius 2 is 1.91 bits per heavy atom. The van der Waals surface area contributed by atoms with Crippen molar-refractivity contribution in [2.24, 2.45) is 0 Å². The number of aryl methyl sites for hydroxylation is 1. The number of thioether (sulfide) groups is 1. The molecule has 0 spiro atoms. The number of fused-ring (bicyclic) bond motifs is 1.